The second kappa shape index (κ2) is 10.9. The lowest BCUT2D eigenvalue weighted by molar-refractivity contribution is -0.149. The summed E-state index contributed by atoms with van der Waals surface area (Å²) < 4.78 is 10.5. The van der Waals surface area contributed by atoms with Gasteiger partial charge < -0.3 is 9.47 Å². The quantitative estimate of drug-likeness (QED) is 0.257. The zero-order valence-electron chi connectivity index (χ0n) is 14.3. The van der Waals surface area contributed by atoms with Crippen molar-refractivity contribution in [1.82, 2.24) is 0 Å². The van der Waals surface area contributed by atoms with E-state index in [4.69, 9.17) is 21.1 Å². The Morgan fingerprint density at radius 1 is 1.25 bits per heavy atom. The van der Waals surface area contributed by atoms with Crippen LogP contribution in [-0.2, 0) is 14.3 Å². The molecule has 132 valence electrons. The lowest BCUT2D eigenvalue weighted by atomic mass is 10.1. The van der Waals surface area contributed by atoms with Gasteiger partial charge in [0.25, 0.3) is 0 Å². The van der Waals surface area contributed by atoms with Crippen LogP contribution in [0, 0.1) is 6.92 Å². The Hall–Kier alpha value is -1.81. The van der Waals surface area contributed by atoms with Crippen LogP contribution in [0.2, 0.25) is 5.02 Å². The molecule has 0 fully saturated rings. The van der Waals surface area contributed by atoms with Gasteiger partial charge in [-0.15, -0.1) is 0 Å². The fourth-order valence-corrected chi connectivity index (χ4v) is 2.23. The standard InChI is InChI=1S/C19H25ClO4/c1-4-6-7-8-15(5-2)23-18(21)11-12-19(22)24-16-9-10-17(20)14(3)13-16/h5,9-10,13,15H,2,4,6-8,11-12H2,1,3H3. The molecule has 0 aliphatic rings. The Kier molecular flexibility index (Phi) is 9.16. The van der Waals surface area contributed by atoms with Crippen LogP contribution >= 0.6 is 11.6 Å². The number of esters is 2. The Labute approximate surface area is 148 Å². The summed E-state index contributed by atoms with van der Waals surface area (Å²) in [4.78, 5) is 23.6. The van der Waals surface area contributed by atoms with E-state index in [1.807, 2.05) is 6.92 Å². The van der Waals surface area contributed by atoms with Crippen molar-refractivity contribution in [2.75, 3.05) is 0 Å². The van der Waals surface area contributed by atoms with E-state index in [1.165, 1.54) is 0 Å². The number of unbranched alkanes of at least 4 members (excludes halogenated alkanes) is 2. The molecule has 5 heteroatoms. The topological polar surface area (TPSA) is 52.6 Å². The molecule has 1 unspecified atom stereocenters. The molecular weight excluding hydrogens is 328 g/mol. The third kappa shape index (κ3) is 7.64. The van der Waals surface area contributed by atoms with E-state index < -0.39 is 11.9 Å². The Balaban J connectivity index is 2.35. The van der Waals surface area contributed by atoms with Crippen LogP contribution in [0.25, 0.3) is 0 Å². The van der Waals surface area contributed by atoms with Gasteiger partial charge in [0, 0.05) is 5.02 Å². The molecule has 1 aromatic rings. The molecule has 24 heavy (non-hydrogen) atoms. The number of benzene rings is 1. The minimum Gasteiger partial charge on any atom is -0.458 e. The first-order chi connectivity index (χ1) is 11.5. The smallest absolute Gasteiger partial charge is 0.311 e. The Morgan fingerprint density at radius 3 is 2.58 bits per heavy atom. The molecule has 1 atom stereocenters. The Morgan fingerprint density at radius 2 is 1.96 bits per heavy atom. The zero-order chi connectivity index (χ0) is 17.9. The van der Waals surface area contributed by atoms with Gasteiger partial charge in [-0.2, -0.15) is 0 Å². The largest absolute Gasteiger partial charge is 0.458 e. The fraction of sp³-hybridized carbons (Fsp3) is 0.474. The first-order valence-corrected chi connectivity index (χ1v) is 8.63. The number of halogens is 1. The van der Waals surface area contributed by atoms with Gasteiger partial charge in [0.05, 0.1) is 12.8 Å². The molecule has 0 saturated heterocycles. The van der Waals surface area contributed by atoms with E-state index >= 15 is 0 Å². The van der Waals surface area contributed by atoms with Crippen molar-refractivity contribution < 1.29 is 19.1 Å². The molecular formula is C19H25ClO4. The maximum absolute atomic E-state index is 11.8. The number of hydrogen-bond acceptors (Lipinski definition) is 4. The summed E-state index contributed by atoms with van der Waals surface area (Å²) in [6.45, 7) is 7.62. The number of carbonyl (C=O) groups excluding carboxylic acids is 2. The van der Waals surface area contributed by atoms with E-state index in [2.05, 4.69) is 13.5 Å². The summed E-state index contributed by atoms with van der Waals surface area (Å²) in [5.74, 6) is -0.478. The maximum atomic E-state index is 11.8. The maximum Gasteiger partial charge on any atom is 0.311 e. The van der Waals surface area contributed by atoms with Crippen LogP contribution in [0.5, 0.6) is 5.75 Å². The molecule has 0 spiro atoms. The molecule has 0 aliphatic carbocycles. The van der Waals surface area contributed by atoms with Crippen molar-refractivity contribution in [3.8, 4) is 5.75 Å². The van der Waals surface area contributed by atoms with Crippen LogP contribution in [-0.4, -0.2) is 18.0 Å². The summed E-state index contributed by atoms with van der Waals surface area (Å²) in [6.07, 6.45) is 5.24. The SMILES string of the molecule is C=CC(CCCCC)OC(=O)CCC(=O)Oc1ccc(Cl)c(C)c1. The number of rotatable bonds is 10. The van der Waals surface area contributed by atoms with Gasteiger partial charge in [-0.05, 0) is 43.5 Å². The van der Waals surface area contributed by atoms with Gasteiger partial charge in [0.2, 0.25) is 0 Å². The van der Waals surface area contributed by atoms with Gasteiger partial charge in [-0.25, -0.2) is 0 Å². The highest BCUT2D eigenvalue weighted by Gasteiger charge is 2.14. The third-order valence-electron chi connectivity index (χ3n) is 3.53. The van der Waals surface area contributed by atoms with Crippen molar-refractivity contribution >= 4 is 23.5 Å². The normalized spacial score (nSPS) is 11.6. The highest BCUT2D eigenvalue weighted by atomic mass is 35.5. The minimum absolute atomic E-state index is 0.0104. The highest BCUT2D eigenvalue weighted by molar-refractivity contribution is 6.31. The van der Waals surface area contributed by atoms with Crippen molar-refractivity contribution in [1.29, 1.82) is 0 Å². The Bertz CT molecular complexity index is 568. The average molecular weight is 353 g/mol. The first kappa shape index (κ1) is 20.2. The van der Waals surface area contributed by atoms with E-state index in [9.17, 15) is 9.59 Å². The number of aryl methyl sites for hydroxylation is 1. The molecule has 0 bridgehead atoms. The lowest BCUT2D eigenvalue weighted by Gasteiger charge is -2.13. The molecule has 0 amide bonds. The van der Waals surface area contributed by atoms with E-state index in [1.54, 1.807) is 24.3 Å². The van der Waals surface area contributed by atoms with Crippen LogP contribution in [0.3, 0.4) is 0 Å². The number of carbonyl (C=O) groups is 2. The van der Waals surface area contributed by atoms with E-state index in [0.717, 1.165) is 31.2 Å². The zero-order valence-corrected chi connectivity index (χ0v) is 15.1. The second-order valence-corrected chi connectivity index (χ2v) is 6.05. The highest BCUT2D eigenvalue weighted by Crippen LogP contribution is 2.21. The second-order valence-electron chi connectivity index (χ2n) is 5.64. The van der Waals surface area contributed by atoms with E-state index in [0.29, 0.717) is 10.8 Å². The van der Waals surface area contributed by atoms with Gasteiger partial charge in [-0.3, -0.25) is 9.59 Å². The van der Waals surface area contributed by atoms with Crippen LogP contribution in [0.1, 0.15) is 51.0 Å². The van der Waals surface area contributed by atoms with Crippen molar-refractivity contribution in [3.05, 3.63) is 41.4 Å². The molecule has 4 nitrogen and oxygen atoms in total. The third-order valence-corrected chi connectivity index (χ3v) is 3.96. The predicted molar refractivity (Wildman–Crippen MR) is 95.3 cm³/mol. The van der Waals surface area contributed by atoms with Crippen LogP contribution in [0.15, 0.2) is 30.9 Å². The average Bonchev–Trinajstić information content (AvgIpc) is 2.55. The van der Waals surface area contributed by atoms with Gasteiger partial charge in [0.15, 0.2) is 0 Å². The lowest BCUT2D eigenvalue weighted by Crippen LogP contribution is -2.18. The van der Waals surface area contributed by atoms with Crippen molar-refractivity contribution in [2.45, 2.75) is 58.5 Å². The van der Waals surface area contributed by atoms with E-state index in [-0.39, 0.29) is 18.9 Å². The van der Waals surface area contributed by atoms with Crippen LogP contribution < -0.4 is 4.74 Å². The molecule has 1 aromatic carbocycles. The van der Waals surface area contributed by atoms with Gasteiger partial charge >= 0.3 is 11.9 Å². The summed E-state index contributed by atoms with van der Waals surface area (Å²) in [7, 11) is 0. The van der Waals surface area contributed by atoms with Gasteiger partial charge in [-0.1, -0.05) is 44.0 Å². The molecule has 0 N–H and O–H groups in total. The first-order valence-electron chi connectivity index (χ1n) is 8.25. The fourth-order valence-electron chi connectivity index (χ4n) is 2.12. The number of ether oxygens (including phenoxy) is 2. The molecule has 0 aliphatic heterocycles. The summed E-state index contributed by atoms with van der Waals surface area (Å²) >= 11 is 5.92. The van der Waals surface area contributed by atoms with Gasteiger partial charge in [0.1, 0.15) is 11.9 Å². The molecule has 0 heterocycles. The number of hydrogen-bond donors (Lipinski definition) is 0. The molecule has 0 aromatic heterocycles. The summed E-state index contributed by atoms with van der Waals surface area (Å²) in [6, 6.07) is 4.96. The molecule has 0 saturated carbocycles. The molecule has 1 rings (SSSR count). The summed E-state index contributed by atoms with van der Waals surface area (Å²) in [5, 5.41) is 0.608. The van der Waals surface area contributed by atoms with Crippen molar-refractivity contribution in [3.63, 3.8) is 0 Å². The predicted octanol–water partition coefficient (Wildman–Crippen LogP) is 5.01. The molecule has 0 radical (unpaired) electrons. The van der Waals surface area contributed by atoms with Crippen LogP contribution in [0.4, 0.5) is 0 Å². The van der Waals surface area contributed by atoms with Crippen molar-refractivity contribution in [2.24, 2.45) is 0 Å². The summed E-state index contributed by atoms with van der Waals surface area (Å²) in [5.41, 5.74) is 0.822. The minimum atomic E-state index is -0.477. The monoisotopic (exact) mass is 352 g/mol.